The fourth-order valence-corrected chi connectivity index (χ4v) is 4.07. The van der Waals surface area contributed by atoms with Crippen LogP contribution in [0, 0.1) is 12.8 Å². The second kappa shape index (κ2) is 6.47. The summed E-state index contributed by atoms with van der Waals surface area (Å²) in [7, 11) is 0. The Labute approximate surface area is 147 Å². The van der Waals surface area contributed by atoms with Crippen LogP contribution in [0.2, 0.25) is 0 Å². The van der Waals surface area contributed by atoms with Crippen LogP contribution in [0.5, 0.6) is 0 Å². The molecular weight excluding hydrogens is 322 g/mol. The summed E-state index contributed by atoms with van der Waals surface area (Å²) in [5.74, 6) is 0.0782. The normalized spacial score (nSPS) is 21.7. The van der Waals surface area contributed by atoms with Crippen molar-refractivity contribution in [2.75, 3.05) is 13.1 Å². The molecule has 1 aromatic heterocycles. The van der Waals surface area contributed by atoms with Crippen molar-refractivity contribution in [3.63, 3.8) is 0 Å². The molecule has 0 spiro atoms. The van der Waals surface area contributed by atoms with Gasteiger partial charge in [-0.3, -0.25) is 9.59 Å². The monoisotopic (exact) mass is 349 g/mol. The molecule has 0 radical (unpaired) electrons. The summed E-state index contributed by atoms with van der Waals surface area (Å²) in [6.07, 6.45) is 3.95. The first-order chi connectivity index (χ1) is 11.3. The van der Waals surface area contributed by atoms with Crippen molar-refractivity contribution >= 4 is 23.2 Å². The third-order valence-electron chi connectivity index (χ3n) is 4.64. The van der Waals surface area contributed by atoms with Crippen molar-refractivity contribution in [2.45, 2.75) is 64.8 Å². The van der Waals surface area contributed by atoms with Gasteiger partial charge in [-0.1, -0.05) is 20.8 Å². The second-order valence-corrected chi connectivity index (χ2v) is 9.06. The maximum atomic E-state index is 12.9. The molecule has 2 aliphatic rings. The molecule has 1 N–H and O–H groups in total. The van der Waals surface area contributed by atoms with Crippen molar-refractivity contribution in [3.05, 3.63) is 15.6 Å². The second-order valence-electron chi connectivity index (χ2n) is 8.06. The van der Waals surface area contributed by atoms with Crippen LogP contribution in [-0.4, -0.2) is 40.8 Å². The Balaban J connectivity index is 1.70. The number of nitrogens with one attached hydrogen (secondary N) is 1. The smallest absolute Gasteiger partial charge is 0.265 e. The number of piperidine rings is 1. The molecular formula is C18H27N3O2S. The Morgan fingerprint density at radius 3 is 2.54 bits per heavy atom. The zero-order chi connectivity index (χ0) is 17.5. The van der Waals surface area contributed by atoms with E-state index in [2.05, 4.69) is 31.1 Å². The summed E-state index contributed by atoms with van der Waals surface area (Å²) in [5, 5.41) is 4.06. The van der Waals surface area contributed by atoms with E-state index >= 15 is 0 Å². The first-order valence-electron chi connectivity index (χ1n) is 8.83. The predicted molar refractivity (Wildman–Crippen MR) is 95.3 cm³/mol. The van der Waals surface area contributed by atoms with E-state index in [1.807, 2.05) is 11.8 Å². The highest BCUT2D eigenvalue weighted by molar-refractivity contribution is 7.14. The highest BCUT2D eigenvalue weighted by Crippen LogP contribution is 2.31. The molecule has 0 bridgehead atoms. The van der Waals surface area contributed by atoms with Crippen LogP contribution in [0.3, 0.4) is 0 Å². The third-order valence-corrected chi connectivity index (χ3v) is 6.21. The topological polar surface area (TPSA) is 62.3 Å². The van der Waals surface area contributed by atoms with E-state index in [9.17, 15) is 9.59 Å². The maximum absolute atomic E-state index is 12.9. The van der Waals surface area contributed by atoms with Gasteiger partial charge < -0.3 is 10.2 Å². The lowest BCUT2D eigenvalue weighted by Crippen LogP contribution is -2.45. The molecule has 2 fully saturated rings. The van der Waals surface area contributed by atoms with E-state index in [0.29, 0.717) is 12.6 Å². The molecule has 5 nitrogen and oxygen atoms in total. The van der Waals surface area contributed by atoms with E-state index in [4.69, 9.17) is 0 Å². The molecule has 1 saturated heterocycles. The molecule has 0 aromatic carbocycles. The van der Waals surface area contributed by atoms with Gasteiger partial charge in [0.15, 0.2) is 0 Å². The molecule has 1 aliphatic heterocycles. The predicted octanol–water partition coefficient (Wildman–Crippen LogP) is 2.88. The fourth-order valence-electron chi connectivity index (χ4n) is 2.98. The number of hydrogen-bond acceptors (Lipinski definition) is 4. The lowest BCUT2D eigenvalue weighted by Gasteiger charge is -2.32. The highest BCUT2D eigenvalue weighted by Gasteiger charge is 2.33. The summed E-state index contributed by atoms with van der Waals surface area (Å²) < 4.78 is 0. The number of carbonyl (C=O) groups excluding carboxylic acids is 2. The van der Waals surface area contributed by atoms with Crippen molar-refractivity contribution in [3.8, 4) is 0 Å². The van der Waals surface area contributed by atoms with Crippen molar-refractivity contribution in [2.24, 2.45) is 5.92 Å². The van der Waals surface area contributed by atoms with Gasteiger partial charge in [-0.2, -0.15) is 0 Å². The average molecular weight is 350 g/mol. The molecule has 2 heterocycles. The Bertz CT molecular complexity index is 643. The Morgan fingerprint density at radius 1 is 1.25 bits per heavy atom. The van der Waals surface area contributed by atoms with Gasteiger partial charge in [0.05, 0.1) is 16.6 Å². The zero-order valence-electron chi connectivity index (χ0n) is 15.0. The van der Waals surface area contributed by atoms with E-state index < -0.39 is 0 Å². The van der Waals surface area contributed by atoms with E-state index in [1.54, 1.807) is 0 Å². The van der Waals surface area contributed by atoms with Gasteiger partial charge in [-0.15, -0.1) is 11.3 Å². The van der Waals surface area contributed by atoms with Crippen LogP contribution < -0.4 is 5.32 Å². The number of nitrogens with zero attached hydrogens (tertiary/aromatic N) is 2. The van der Waals surface area contributed by atoms with E-state index in [-0.39, 0.29) is 23.1 Å². The van der Waals surface area contributed by atoms with Crippen LogP contribution in [0.1, 0.15) is 66.8 Å². The quantitative estimate of drug-likeness (QED) is 0.913. The number of hydrogen-bond donors (Lipinski definition) is 1. The minimum atomic E-state index is -0.0707. The van der Waals surface area contributed by atoms with Crippen molar-refractivity contribution < 1.29 is 9.59 Å². The molecule has 1 saturated carbocycles. The summed E-state index contributed by atoms with van der Waals surface area (Å²) in [5.41, 5.74) is 0.752. The largest absolute Gasteiger partial charge is 0.353 e. The molecule has 2 amide bonds. The molecule has 1 atom stereocenters. The molecule has 132 valence electrons. The third kappa shape index (κ3) is 3.79. The number of rotatable bonds is 3. The van der Waals surface area contributed by atoms with Crippen LogP contribution in [-0.2, 0) is 10.2 Å². The fraction of sp³-hybridized carbons (Fsp3) is 0.722. The zero-order valence-corrected chi connectivity index (χ0v) is 15.8. The van der Waals surface area contributed by atoms with Gasteiger partial charge in [-0.05, 0) is 32.6 Å². The van der Waals surface area contributed by atoms with Crippen LogP contribution in [0.4, 0.5) is 0 Å². The van der Waals surface area contributed by atoms with Gasteiger partial charge in [0, 0.05) is 24.5 Å². The molecule has 1 aromatic rings. The van der Waals surface area contributed by atoms with Gasteiger partial charge >= 0.3 is 0 Å². The van der Waals surface area contributed by atoms with Crippen molar-refractivity contribution in [1.82, 2.24) is 15.2 Å². The van der Waals surface area contributed by atoms with Crippen LogP contribution in [0.15, 0.2) is 0 Å². The summed E-state index contributed by atoms with van der Waals surface area (Å²) in [6, 6.07) is 0.377. The van der Waals surface area contributed by atoms with Gasteiger partial charge in [-0.25, -0.2) is 4.98 Å². The maximum Gasteiger partial charge on any atom is 0.265 e. The lowest BCUT2D eigenvalue weighted by molar-refractivity contribution is -0.126. The molecule has 1 unspecified atom stereocenters. The Morgan fingerprint density at radius 2 is 1.96 bits per heavy atom. The van der Waals surface area contributed by atoms with Crippen molar-refractivity contribution in [1.29, 1.82) is 0 Å². The van der Waals surface area contributed by atoms with Gasteiger partial charge in [0.25, 0.3) is 5.91 Å². The first-order valence-corrected chi connectivity index (χ1v) is 9.65. The SMILES string of the molecule is Cc1nc(C(C)(C)C)sc1C(=O)N1CCCC(C(=O)NC2CC2)C1. The molecule has 6 heteroatoms. The molecule has 1 aliphatic carbocycles. The Kier molecular flexibility index (Phi) is 4.69. The number of aryl methyl sites for hydroxylation is 1. The summed E-state index contributed by atoms with van der Waals surface area (Å²) >= 11 is 1.50. The number of amides is 2. The number of aromatic nitrogens is 1. The molecule has 3 rings (SSSR count). The minimum absolute atomic E-state index is 0.0319. The van der Waals surface area contributed by atoms with Crippen LogP contribution >= 0.6 is 11.3 Å². The average Bonchev–Trinajstić information content (AvgIpc) is 3.24. The number of likely N-dealkylation sites (tertiary alicyclic amines) is 1. The highest BCUT2D eigenvalue weighted by atomic mass is 32.1. The lowest BCUT2D eigenvalue weighted by atomic mass is 9.97. The standard InChI is InChI=1S/C18H27N3O2S/c1-11-14(24-17(19-11)18(2,3)4)16(23)21-9-5-6-12(10-21)15(22)20-13-7-8-13/h12-13H,5-10H2,1-4H3,(H,20,22). The summed E-state index contributed by atoms with van der Waals surface area (Å²) in [6.45, 7) is 9.49. The van der Waals surface area contributed by atoms with E-state index in [0.717, 1.165) is 47.8 Å². The number of thiazole rings is 1. The van der Waals surface area contributed by atoms with Crippen LogP contribution in [0.25, 0.3) is 0 Å². The van der Waals surface area contributed by atoms with Gasteiger partial charge in [0.1, 0.15) is 4.88 Å². The molecule has 24 heavy (non-hydrogen) atoms. The van der Waals surface area contributed by atoms with E-state index in [1.165, 1.54) is 11.3 Å². The summed E-state index contributed by atoms with van der Waals surface area (Å²) in [4.78, 5) is 32.4. The van der Waals surface area contributed by atoms with Gasteiger partial charge in [0.2, 0.25) is 5.91 Å². The first kappa shape index (κ1) is 17.4. The Hall–Kier alpha value is -1.43. The minimum Gasteiger partial charge on any atom is -0.353 e. The number of carbonyl (C=O) groups is 2.